The summed E-state index contributed by atoms with van der Waals surface area (Å²) in [5, 5.41) is 6.47. The number of nitrogens with zero attached hydrogens (tertiary/aromatic N) is 1. The van der Waals surface area contributed by atoms with Crippen LogP contribution in [-0.2, 0) is 0 Å². The van der Waals surface area contributed by atoms with E-state index in [0.717, 1.165) is 23.6 Å². The molecule has 5 nitrogen and oxygen atoms in total. The van der Waals surface area contributed by atoms with Crippen LogP contribution in [0.2, 0.25) is 5.02 Å². The van der Waals surface area contributed by atoms with Gasteiger partial charge in [-0.25, -0.2) is 5.43 Å². The number of carbonyl (C=O) groups is 1. The highest BCUT2D eigenvalue weighted by molar-refractivity contribution is 6.32. The van der Waals surface area contributed by atoms with Crippen LogP contribution in [0.15, 0.2) is 59.7 Å². The normalized spacial score (nSPS) is 11.1. The van der Waals surface area contributed by atoms with E-state index in [1.807, 2.05) is 49.4 Å². The maximum absolute atomic E-state index is 12.7. The van der Waals surface area contributed by atoms with E-state index in [1.54, 1.807) is 18.3 Å². The highest BCUT2D eigenvalue weighted by Crippen LogP contribution is 2.36. The van der Waals surface area contributed by atoms with Gasteiger partial charge in [-0.05, 0) is 47.9 Å². The Morgan fingerprint density at radius 2 is 1.74 bits per heavy atom. The maximum atomic E-state index is 12.7. The molecule has 3 rings (SSSR count). The molecule has 1 N–H and O–H groups in total. The highest BCUT2D eigenvalue weighted by Gasteiger charge is 2.13. The average molecular weight is 481 g/mol. The number of ether oxygens (including phenoxy) is 2. The zero-order valence-electron chi connectivity index (χ0n) is 20.0. The lowest BCUT2D eigenvalue weighted by Gasteiger charge is -2.14. The smallest absolute Gasteiger partial charge is 0.271 e. The fourth-order valence-corrected chi connectivity index (χ4v) is 4.04. The number of fused-ring (bicyclic) bond motifs is 1. The highest BCUT2D eigenvalue weighted by atomic mass is 35.5. The van der Waals surface area contributed by atoms with Gasteiger partial charge in [-0.3, -0.25) is 4.79 Å². The van der Waals surface area contributed by atoms with Crippen LogP contribution in [0.3, 0.4) is 0 Å². The molecule has 180 valence electrons. The van der Waals surface area contributed by atoms with Crippen LogP contribution >= 0.6 is 11.6 Å². The molecule has 0 spiro atoms. The molecule has 0 aliphatic rings. The predicted molar refractivity (Wildman–Crippen MR) is 141 cm³/mol. The molecule has 0 fully saturated rings. The van der Waals surface area contributed by atoms with E-state index >= 15 is 0 Å². The lowest BCUT2D eigenvalue weighted by molar-refractivity contribution is 0.0957. The molecule has 0 aliphatic heterocycles. The van der Waals surface area contributed by atoms with Gasteiger partial charge in [-0.1, -0.05) is 87.0 Å². The number of unbranched alkanes of at least 4 members (excludes halogenated alkanes) is 5. The van der Waals surface area contributed by atoms with Crippen molar-refractivity contribution in [2.24, 2.45) is 5.10 Å². The van der Waals surface area contributed by atoms with E-state index in [2.05, 4.69) is 17.5 Å². The molecule has 0 saturated carbocycles. The number of benzene rings is 3. The van der Waals surface area contributed by atoms with Gasteiger partial charge in [-0.15, -0.1) is 0 Å². The summed E-state index contributed by atoms with van der Waals surface area (Å²) in [5.41, 5.74) is 3.88. The molecule has 1 amide bonds. The summed E-state index contributed by atoms with van der Waals surface area (Å²) in [6.07, 6.45) is 8.70. The van der Waals surface area contributed by atoms with Crippen LogP contribution in [-0.4, -0.2) is 25.3 Å². The van der Waals surface area contributed by atoms with E-state index in [-0.39, 0.29) is 5.91 Å². The van der Waals surface area contributed by atoms with Crippen molar-refractivity contribution < 1.29 is 14.3 Å². The Morgan fingerprint density at radius 1 is 0.971 bits per heavy atom. The lowest BCUT2D eigenvalue weighted by Crippen LogP contribution is -2.17. The van der Waals surface area contributed by atoms with Gasteiger partial charge in [0.25, 0.3) is 5.91 Å². The number of halogens is 1. The van der Waals surface area contributed by atoms with Crippen molar-refractivity contribution >= 4 is 34.5 Å². The monoisotopic (exact) mass is 480 g/mol. The van der Waals surface area contributed by atoms with E-state index in [9.17, 15) is 4.79 Å². The second kappa shape index (κ2) is 13.6. The first-order valence-electron chi connectivity index (χ1n) is 12.0. The van der Waals surface area contributed by atoms with Crippen LogP contribution in [0, 0.1) is 0 Å². The van der Waals surface area contributed by atoms with Crippen molar-refractivity contribution in [3.05, 3.63) is 70.7 Å². The molecule has 34 heavy (non-hydrogen) atoms. The number of amides is 1. The van der Waals surface area contributed by atoms with Crippen molar-refractivity contribution in [3.8, 4) is 11.5 Å². The summed E-state index contributed by atoms with van der Waals surface area (Å²) in [4.78, 5) is 12.7. The first-order chi connectivity index (χ1) is 16.6. The van der Waals surface area contributed by atoms with Crippen molar-refractivity contribution in [2.75, 3.05) is 13.2 Å². The van der Waals surface area contributed by atoms with Crippen LogP contribution < -0.4 is 14.9 Å². The molecule has 0 aliphatic carbocycles. The topological polar surface area (TPSA) is 59.9 Å². The summed E-state index contributed by atoms with van der Waals surface area (Å²) in [7, 11) is 0. The molecule has 0 unspecified atom stereocenters. The zero-order chi connectivity index (χ0) is 24.2. The van der Waals surface area contributed by atoms with Crippen molar-refractivity contribution in [1.82, 2.24) is 5.43 Å². The second-order valence-corrected chi connectivity index (χ2v) is 8.51. The Labute approximate surface area is 207 Å². The summed E-state index contributed by atoms with van der Waals surface area (Å²) >= 11 is 6.50. The SMILES string of the molecule is CCCCCCCCOc1c(Cl)cc(/C=N/NC(=O)c2cccc3ccccc23)cc1OCC. The van der Waals surface area contributed by atoms with Crippen LogP contribution in [0.5, 0.6) is 11.5 Å². The summed E-state index contributed by atoms with van der Waals surface area (Å²) in [6, 6.07) is 17.0. The zero-order valence-corrected chi connectivity index (χ0v) is 20.7. The Kier molecular flexibility index (Phi) is 10.2. The van der Waals surface area contributed by atoms with Crippen molar-refractivity contribution in [2.45, 2.75) is 52.4 Å². The third-order valence-electron chi connectivity index (χ3n) is 5.49. The van der Waals surface area contributed by atoms with E-state index in [4.69, 9.17) is 21.1 Å². The molecule has 0 bridgehead atoms. The average Bonchev–Trinajstić information content (AvgIpc) is 2.84. The van der Waals surface area contributed by atoms with E-state index in [1.165, 1.54) is 25.7 Å². The number of hydrogen-bond acceptors (Lipinski definition) is 4. The van der Waals surface area contributed by atoms with Gasteiger partial charge in [-0.2, -0.15) is 5.10 Å². The van der Waals surface area contributed by atoms with Crippen LogP contribution in [0.1, 0.15) is 68.3 Å². The number of hydrazone groups is 1. The third kappa shape index (κ3) is 7.22. The first kappa shape index (κ1) is 25.6. The fourth-order valence-electron chi connectivity index (χ4n) is 3.77. The second-order valence-electron chi connectivity index (χ2n) is 8.11. The molecular weight excluding hydrogens is 448 g/mol. The predicted octanol–water partition coefficient (Wildman–Crippen LogP) is 7.40. The van der Waals surface area contributed by atoms with Crippen molar-refractivity contribution in [3.63, 3.8) is 0 Å². The Balaban J connectivity index is 1.63. The molecule has 3 aromatic carbocycles. The minimum Gasteiger partial charge on any atom is -0.490 e. The largest absolute Gasteiger partial charge is 0.490 e. The van der Waals surface area contributed by atoms with Crippen molar-refractivity contribution in [1.29, 1.82) is 0 Å². The molecule has 0 aromatic heterocycles. The maximum Gasteiger partial charge on any atom is 0.271 e. The van der Waals surface area contributed by atoms with Crippen LogP contribution in [0.4, 0.5) is 0 Å². The molecule has 0 atom stereocenters. The van der Waals surface area contributed by atoms with Gasteiger partial charge in [0.1, 0.15) is 0 Å². The van der Waals surface area contributed by atoms with Gasteiger partial charge < -0.3 is 9.47 Å². The quantitative estimate of drug-likeness (QED) is 0.157. The lowest BCUT2D eigenvalue weighted by atomic mass is 10.0. The van der Waals surface area contributed by atoms with Gasteiger partial charge in [0, 0.05) is 5.56 Å². The fraction of sp³-hybridized carbons (Fsp3) is 0.357. The molecule has 6 heteroatoms. The number of carbonyl (C=O) groups excluding carboxylic acids is 1. The number of nitrogens with one attached hydrogen (secondary N) is 1. The Morgan fingerprint density at radius 3 is 2.56 bits per heavy atom. The van der Waals surface area contributed by atoms with E-state index < -0.39 is 0 Å². The number of rotatable bonds is 13. The van der Waals surface area contributed by atoms with Gasteiger partial charge in [0.05, 0.1) is 24.5 Å². The van der Waals surface area contributed by atoms with Crippen LogP contribution in [0.25, 0.3) is 10.8 Å². The third-order valence-corrected chi connectivity index (χ3v) is 5.77. The number of hydrogen-bond donors (Lipinski definition) is 1. The summed E-state index contributed by atoms with van der Waals surface area (Å²) in [6.45, 7) is 5.22. The molecule has 0 radical (unpaired) electrons. The van der Waals surface area contributed by atoms with E-state index in [0.29, 0.717) is 40.9 Å². The molecule has 0 saturated heterocycles. The van der Waals surface area contributed by atoms with Gasteiger partial charge in [0.2, 0.25) is 0 Å². The minimum absolute atomic E-state index is 0.275. The first-order valence-corrected chi connectivity index (χ1v) is 12.4. The van der Waals surface area contributed by atoms with Gasteiger partial charge >= 0.3 is 0 Å². The molecule has 3 aromatic rings. The standard InChI is InChI=1S/C28H33ClN2O3/c1-3-5-6-7-8-11-17-34-27-25(29)18-21(19-26(27)33-4-2)20-30-31-28(32)24-16-12-14-22-13-9-10-15-23(22)24/h9-10,12-16,18-20H,3-8,11,17H2,1-2H3,(H,31,32)/b30-20+. The summed E-state index contributed by atoms with van der Waals surface area (Å²) in [5.74, 6) is 0.847. The minimum atomic E-state index is -0.275. The Hall–Kier alpha value is -3.05. The van der Waals surface area contributed by atoms with Gasteiger partial charge in [0.15, 0.2) is 11.5 Å². The summed E-state index contributed by atoms with van der Waals surface area (Å²) < 4.78 is 11.7. The molecular formula is C28H33ClN2O3. The Bertz CT molecular complexity index is 1110. The molecule has 0 heterocycles.